The van der Waals surface area contributed by atoms with Crippen LogP contribution in [-0.2, 0) is 6.54 Å². The molecule has 0 aliphatic heterocycles. The van der Waals surface area contributed by atoms with Crippen LogP contribution in [0.3, 0.4) is 0 Å². The molecule has 3 N–H and O–H groups in total. The van der Waals surface area contributed by atoms with Crippen molar-refractivity contribution in [3.63, 3.8) is 0 Å². The highest BCUT2D eigenvalue weighted by molar-refractivity contribution is 6.32. The lowest BCUT2D eigenvalue weighted by Gasteiger charge is -2.19. The van der Waals surface area contributed by atoms with Crippen molar-refractivity contribution in [2.75, 3.05) is 32.5 Å². The lowest BCUT2D eigenvalue weighted by Crippen LogP contribution is -2.32. The van der Waals surface area contributed by atoms with Crippen LogP contribution < -0.4 is 16.6 Å². The predicted octanol–water partition coefficient (Wildman–Crippen LogP) is 1.39. The molecule has 6 nitrogen and oxygen atoms in total. The van der Waals surface area contributed by atoms with Gasteiger partial charge in [0.1, 0.15) is 5.02 Å². The minimum absolute atomic E-state index is 0.112. The fraction of sp³-hybridized carbons (Fsp3) is 0.714. The summed E-state index contributed by atoms with van der Waals surface area (Å²) in [6.45, 7) is 3.88. The van der Waals surface area contributed by atoms with Gasteiger partial charge in [0.25, 0.3) is 5.56 Å². The van der Waals surface area contributed by atoms with E-state index in [1.165, 1.54) is 4.68 Å². The smallest absolute Gasteiger partial charge is 0.287 e. The Bertz CT molecular complexity index is 489. The largest absolute Gasteiger partial charge is 0.378 e. The SMILES string of the molecule is CCCCC(CN)Nc1cnn(CCN(C)C)c(=O)c1Cl. The molecule has 1 heterocycles. The summed E-state index contributed by atoms with van der Waals surface area (Å²) in [6, 6.07) is 0.112. The Kier molecular flexibility index (Phi) is 7.71. The average Bonchev–Trinajstić information content (AvgIpc) is 2.46. The standard InChI is InChI=1S/C14H26ClN5O/c1-4-5-6-11(9-16)18-12-10-17-20(8-7-19(2)3)14(21)13(12)15/h10-11,18H,4-9,16H2,1-3H3. The van der Waals surface area contributed by atoms with Gasteiger partial charge in [-0.3, -0.25) is 4.79 Å². The molecular weight excluding hydrogens is 290 g/mol. The summed E-state index contributed by atoms with van der Waals surface area (Å²) in [4.78, 5) is 14.2. The number of unbranched alkanes of at least 4 members (excludes halogenated alkanes) is 1. The van der Waals surface area contributed by atoms with Crippen LogP contribution in [0.4, 0.5) is 5.69 Å². The summed E-state index contributed by atoms with van der Waals surface area (Å²) in [6.07, 6.45) is 4.75. The van der Waals surface area contributed by atoms with Crippen molar-refractivity contribution in [3.8, 4) is 0 Å². The Hall–Kier alpha value is -1.11. The highest BCUT2D eigenvalue weighted by Crippen LogP contribution is 2.17. The number of nitrogens with one attached hydrogen (secondary N) is 1. The third-order valence-corrected chi connectivity index (χ3v) is 3.66. The molecule has 0 spiro atoms. The van der Waals surface area contributed by atoms with E-state index in [-0.39, 0.29) is 16.6 Å². The monoisotopic (exact) mass is 315 g/mol. The van der Waals surface area contributed by atoms with Crippen molar-refractivity contribution in [3.05, 3.63) is 21.6 Å². The average molecular weight is 316 g/mol. The molecule has 1 rings (SSSR count). The zero-order valence-electron chi connectivity index (χ0n) is 13.1. The summed E-state index contributed by atoms with van der Waals surface area (Å²) in [5, 5.41) is 7.57. The summed E-state index contributed by atoms with van der Waals surface area (Å²) in [5.41, 5.74) is 6.04. The van der Waals surface area contributed by atoms with Gasteiger partial charge in [0, 0.05) is 19.1 Å². The van der Waals surface area contributed by atoms with Crippen LogP contribution in [0, 0.1) is 0 Å². The number of rotatable bonds is 9. The molecule has 0 fully saturated rings. The zero-order chi connectivity index (χ0) is 15.8. The molecule has 7 heteroatoms. The van der Waals surface area contributed by atoms with E-state index in [9.17, 15) is 4.79 Å². The first-order valence-corrected chi connectivity index (χ1v) is 7.74. The van der Waals surface area contributed by atoms with Crippen LogP contribution in [0.2, 0.25) is 5.02 Å². The molecule has 0 bridgehead atoms. The fourth-order valence-corrected chi connectivity index (χ4v) is 2.14. The maximum Gasteiger partial charge on any atom is 0.287 e. The maximum absolute atomic E-state index is 12.2. The topological polar surface area (TPSA) is 76.2 Å². The van der Waals surface area contributed by atoms with Gasteiger partial charge in [0.2, 0.25) is 0 Å². The molecule has 0 aromatic carbocycles. The molecule has 1 unspecified atom stereocenters. The van der Waals surface area contributed by atoms with Crippen LogP contribution in [0.5, 0.6) is 0 Å². The lowest BCUT2D eigenvalue weighted by molar-refractivity contribution is 0.367. The number of halogens is 1. The first-order chi connectivity index (χ1) is 9.99. The first kappa shape index (κ1) is 17.9. The highest BCUT2D eigenvalue weighted by atomic mass is 35.5. The third-order valence-electron chi connectivity index (χ3n) is 3.29. The van der Waals surface area contributed by atoms with E-state index in [1.54, 1.807) is 6.20 Å². The molecule has 1 aromatic rings. The number of hydrogen-bond acceptors (Lipinski definition) is 5. The quantitative estimate of drug-likeness (QED) is 0.720. The molecule has 0 amide bonds. The van der Waals surface area contributed by atoms with Crippen LogP contribution in [0.15, 0.2) is 11.0 Å². The molecule has 0 aliphatic carbocycles. The Labute approximate surface area is 131 Å². The van der Waals surface area contributed by atoms with E-state index in [4.69, 9.17) is 17.3 Å². The van der Waals surface area contributed by atoms with E-state index < -0.39 is 0 Å². The summed E-state index contributed by atoms with van der Waals surface area (Å²) < 4.78 is 1.39. The molecular formula is C14H26ClN5O. The molecule has 0 saturated carbocycles. The van der Waals surface area contributed by atoms with Crippen molar-refractivity contribution in [1.82, 2.24) is 14.7 Å². The van der Waals surface area contributed by atoms with Gasteiger partial charge < -0.3 is 16.0 Å². The number of anilines is 1. The Morgan fingerprint density at radius 3 is 2.81 bits per heavy atom. The number of nitrogens with two attached hydrogens (primary N) is 1. The van der Waals surface area contributed by atoms with Gasteiger partial charge in [-0.15, -0.1) is 0 Å². The number of aromatic nitrogens is 2. The van der Waals surface area contributed by atoms with Gasteiger partial charge in [-0.1, -0.05) is 31.4 Å². The molecule has 120 valence electrons. The van der Waals surface area contributed by atoms with Crippen molar-refractivity contribution >= 4 is 17.3 Å². The molecule has 0 saturated heterocycles. The number of nitrogens with zero attached hydrogens (tertiary/aromatic N) is 3. The van der Waals surface area contributed by atoms with E-state index in [2.05, 4.69) is 17.3 Å². The normalized spacial score (nSPS) is 12.7. The predicted molar refractivity (Wildman–Crippen MR) is 88.1 cm³/mol. The molecule has 0 aliphatic rings. The number of hydrogen-bond donors (Lipinski definition) is 2. The minimum atomic E-state index is -0.269. The molecule has 21 heavy (non-hydrogen) atoms. The van der Waals surface area contributed by atoms with Crippen LogP contribution >= 0.6 is 11.6 Å². The van der Waals surface area contributed by atoms with Gasteiger partial charge in [-0.25, -0.2) is 4.68 Å². The van der Waals surface area contributed by atoms with Crippen LogP contribution in [0.1, 0.15) is 26.2 Å². The van der Waals surface area contributed by atoms with Gasteiger partial charge in [-0.2, -0.15) is 5.10 Å². The summed E-state index contributed by atoms with van der Waals surface area (Å²) in [5.74, 6) is 0. The Morgan fingerprint density at radius 2 is 2.24 bits per heavy atom. The van der Waals surface area contributed by atoms with Gasteiger partial charge in [0.15, 0.2) is 0 Å². The second-order valence-corrected chi connectivity index (χ2v) is 5.80. The van der Waals surface area contributed by atoms with E-state index in [0.717, 1.165) is 25.8 Å². The highest BCUT2D eigenvalue weighted by Gasteiger charge is 2.13. The molecule has 1 atom stereocenters. The first-order valence-electron chi connectivity index (χ1n) is 7.36. The van der Waals surface area contributed by atoms with Gasteiger partial charge >= 0.3 is 0 Å². The van der Waals surface area contributed by atoms with E-state index in [0.29, 0.717) is 18.8 Å². The van der Waals surface area contributed by atoms with Crippen LogP contribution in [-0.4, -0.2) is 47.9 Å². The van der Waals surface area contributed by atoms with Crippen molar-refractivity contribution in [1.29, 1.82) is 0 Å². The summed E-state index contributed by atoms with van der Waals surface area (Å²) in [7, 11) is 3.89. The third kappa shape index (κ3) is 5.65. The van der Waals surface area contributed by atoms with Crippen molar-refractivity contribution in [2.24, 2.45) is 5.73 Å². The Morgan fingerprint density at radius 1 is 1.52 bits per heavy atom. The fourth-order valence-electron chi connectivity index (χ4n) is 1.94. The van der Waals surface area contributed by atoms with E-state index in [1.807, 2.05) is 19.0 Å². The zero-order valence-corrected chi connectivity index (χ0v) is 13.9. The second-order valence-electron chi connectivity index (χ2n) is 5.42. The Balaban J connectivity index is 2.80. The van der Waals surface area contributed by atoms with Crippen molar-refractivity contribution < 1.29 is 0 Å². The second kappa shape index (κ2) is 9.02. The van der Waals surface area contributed by atoms with Crippen LogP contribution in [0.25, 0.3) is 0 Å². The minimum Gasteiger partial charge on any atom is -0.378 e. The van der Waals surface area contributed by atoms with Gasteiger partial charge in [-0.05, 0) is 20.5 Å². The van der Waals surface area contributed by atoms with Crippen molar-refractivity contribution in [2.45, 2.75) is 38.8 Å². The number of likely N-dealkylation sites (N-methyl/N-ethyl adjacent to an activating group) is 1. The molecule has 1 aromatic heterocycles. The van der Waals surface area contributed by atoms with Gasteiger partial charge in [0.05, 0.1) is 18.4 Å². The molecule has 0 radical (unpaired) electrons. The lowest BCUT2D eigenvalue weighted by atomic mass is 10.1. The maximum atomic E-state index is 12.2. The van der Waals surface area contributed by atoms with E-state index >= 15 is 0 Å². The summed E-state index contributed by atoms with van der Waals surface area (Å²) >= 11 is 6.16.